The van der Waals surface area contributed by atoms with Crippen molar-refractivity contribution in [3.05, 3.63) is 0 Å². The molecule has 1 fully saturated rings. The average Bonchev–Trinajstić information content (AvgIpc) is 2.42. The van der Waals surface area contributed by atoms with Crippen molar-refractivity contribution in [3.63, 3.8) is 0 Å². The number of nitrogens with zero attached hydrogens (tertiary/aromatic N) is 2. The van der Waals surface area contributed by atoms with Gasteiger partial charge in [0.15, 0.2) is 0 Å². The molecular weight excluding hydrogens is 296 g/mol. The Bertz CT molecular complexity index is 554. The highest BCUT2D eigenvalue weighted by molar-refractivity contribution is 8.06. The molecule has 0 atom stereocenters. The van der Waals surface area contributed by atoms with Gasteiger partial charge in [0.1, 0.15) is 0 Å². The average molecular weight is 308 g/mol. The fourth-order valence-electron chi connectivity index (χ4n) is 1.74. The minimum absolute atomic E-state index is 0.309. The molecule has 10 heteroatoms. The molecule has 1 rings (SSSR count). The largest absolute Gasteiger partial charge is 0.290 e. The van der Waals surface area contributed by atoms with E-state index in [4.69, 9.17) is 10.5 Å². The lowest BCUT2D eigenvalue weighted by atomic mass is 10.1. The first-order valence-corrected chi connectivity index (χ1v) is 8.16. The normalized spacial score (nSPS) is 23.7. The molecule has 8 nitrogen and oxygen atoms in total. The number of hydrogen-bond donors (Lipinski definition) is 0. The van der Waals surface area contributed by atoms with E-state index in [-0.39, 0.29) is 12.8 Å². The fraction of sp³-hybridized carbons (Fsp3) is 0.778. The van der Waals surface area contributed by atoms with Crippen molar-refractivity contribution < 1.29 is 25.2 Å². The molecule has 1 aliphatic heterocycles. The highest BCUT2D eigenvalue weighted by Gasteiger charge is 2.57. The molecule has 0 aromatic heterocycles. The van der Waals surface area contributed by atoms with Gasteiger partial charge in [0, 0.05) is 12.8 Å². The lowest BCUT2D eigenvalue weighted by Gasteiger charge is -2.27. The Morgan fingerprint density at radius 2 is 1.26 bits per heavy atom. The van der Waals surface area contributed by atoms with Crippen molar-refractivity contribution in [2.24, 2.45) is 0 Å². The van der Waals surface area contributed by atoms with Crippen molar-refractivity contribution in [1.29, 1.82) is 10.5 Å². The third kappa shape index (κ3) is 2.87. The minimum atomic E-state index is -4.49. The van der Waals surface area contributed by atoms with Crippen LogP contribution in [0.5, 0.6) is 0 Å². The van der Waals surface area contributed by atoms with E-state index < -0.39 is 50.4 Å². The van der Waals surface area contributed by atoms with Crippen molar-refractivity contribution >= 4 is 20.2 Å². The molecule has 0 amide bonds. The minimum Gasteiger partial charge on any atom is -0.266 e. The van der Waals surface area contributed by atoms with Crippen LogP contribution >= 0.6 is 0 Å². The summed E-state index contributed by atoms with van der Waals surface area (Å²) in [5, 5.41) is 17.1. The molecule has 0 spiro atoms. The molecule has 1 saturated heterocycles. The highest BCUT2D eigenvalue weighted by atomic mass is 32.3. The maximum absolute atomic E-state index is 12.1. The van der Waals surface area contributed by atoms with E-state index in [0.29, 0.717) is 0 Å². The fourth-order valence-corrected chi connectivity index (χ4v) is 5.45. The topological polar surface area (TPSA) is 134 Å². The standard InChI is InChI=1S/C9H12N2O6S2/c10-5-1-3-9(4-2-6-11)18(12,13)16-7-8-17-19(9,14)15/h1-4,7-8H2. The lowest BCUT2D eigenvalue weighted by Crippen LogP contribution is -2.46. The number of rotatable bonds is 4. The van der Waals surface area contributed by atoms with E-state index in [1.165, 1.54) is 0 Å². The Labute approximate surface area is 111 Å². The summed E-state index contributed by atoms with van der Waals surface area (Å²) in [7, 11) is -8.98. The first kappa shape index (κ1) is 15.9. The summed E-state index contributed by atoms with van der Waals surface area (Å²) in [5.41, 5.74) is 0. The van der Waals surface area contributed by atoms with E-state index in [0.717, 1.165) is 0 Å². The smallest absolute Gasteiger partial charge is 0.266 e. The summed E-state index contributed by atoms with van der Waals surface area (Å²) >= 11 is 0. The molecule has 0 bridgehead atoms. The van der Waals surface area contributed by atoms with Crippen molar-refractivity contribution in [1.82, 2.24) is 0 Å². The molecule has 0 unspecified atom stereocenters. The van der Waals surface area contributed by atoms with Crippen LogP contribution in [-0.4, -0.2) is 34.1 Å². The van der Waals surface area contributed by atoms with Crippen LogP contribution in [0.4, 0.5) is 0 Å². The van der Waals surface area contributed by atoms with E-state index in [1.54, 1.807) is 12.1 Å². The van der Waals surface area contributed by atoms with Crippen molar-refractivity contribution in [2.45, 2.75) is 29.8 Å². The maximum Gasteiger partial charge on any atom is 0.290 e. The van der Waals surface area contributed by atoms with Gasteiger partial charge in [0.25, 0.3) is 20.2 Å². The van der Waals surface area contributed by atoms with Crippen LogP contribution in [0.2, 0.25) is 0 Å². The predicted molar refractivity (Wildman–Crippen MR) is 62.2 cm³/mol. The van der Waals surface area contributed by atoms with E-state index in [2.05, 4.69) is 8.37 Å². The number of nitriles is 2. The third-order valence-electron chi connectivity index (χ3n) is 2.71. The third-order valence-corrected chi connectivity index (χ3v) is 7.52. The molecule has 0 aliphatic carbocycles. The Morgan fingerprint density at radius 1 is 0.895 bits per heavy atom. The Balaban J connectivity index is 3.41. The highest BCUT2D eigenvalue weighted by Crippen LogP contribution is 2.38. The first-order chi connectivity index (χ1) is 8.83. The second-order valence-corrected chi connectivity index (χ2v) is 7.89. The first-order valence-electron chi connectivity index (χ1n) is 5.35. The molecule has 106 valence electrons. The van der Waals surface area contributed by atoms with Crippen LogP contribution in [0, 0.1) is 22.7 Å². The molecule has 0 saturated carbocycles. The molecule has 0 radical (unpaired) electrons. The van der Waals surface area contributed by atoms with Crippen molar-refractivity contribution in [2.75, 3.05) is 13.2 Å². The molecule has 1 aliphatic rings. The Kier molecular flexibility index (Phi) is 4.87. The lowest BCUT2D eigenvalue weighted by molar-refractivity contribution is 0.237. The van der Waals surface area contributed by atoms with Gasteiger partial charge in [0.05, 0.1) is 25.4 Å². The summed E-state index contributed by atoms with van der Waals surface area (Å²) in [6, 6.07) is 3.38. The van der Waals surface area contributed by atoms with Crippen LogP contribution in [0.1, 0.15) is 25.7 Å². The maximum atomic E-state index is 12.1. The molecule has 0 aromatic carbocycles. The molecule has 0 N–H and O–H groups in total. The molecule has 1 heterocycles. The van der Waals surface area contributed by atoms with Crippen LogP contribution < -0.4 is 0 Å². The van der Waals surface area contributed by atoms with Gasteiger partial charge in [-0.1, -0.05) is 0 Å². The van der Waals surface area contributed by atoms with E-state index in [1.807, 2.05) is 0 Å². The second kappa shape index (κ2) is 5.84. The molecule has 0 aromatic rings. The van der Waals surface area contributed by atoms with Gasteiger partial charge in [-0.3, -0.25) is 8.37 Å². The second-order valence-electron chi connectivity index (χ2n) is 3.78. The van der Waals surface area contributed by atoms with Crippen LogP contribution in [-0.2, 0) is 28.6 Å². The molecular formula is C9H12N2O6S2. The van der Waals surface area contributed by atoms with Gasteiger partial charge in [-0.25, -0.2) is 0 Å². The van der Waals surface area contributed by atoms with Crippen LogP contribution in [0.3, 0.4) is 0 Å². The summed E-state index contributed by atoms with van der Waals surface area (Å²) in [6.45, 7) is -0.829. The van der Waals surface area contributed by atoms with Gasteiger partial charge in [-0.05, 0) is 12.8 Å². The van der Waals surface area contributed by atoms with Gasteiger partial charge >= 0.3 is 0 Å². The summed E-state index contributed by atoms with van der Waals surface area (Å²) < 4.78 is 55.0. The number of hydrogen-bond acceptors (Lipinski definition) is 8. The van der Waals surface area contributed by atoms with Crippen molar-refractivity contribution in [3.8, 4) is 12.1 Å². The Hall–Kier alpha value is -1.20. The molecule has 19 heavy (non-hydrogen) atoms. The van der Waals surface area contributed by atoms with Gasteiger partial charge in [-0.15, -0.1) is 0 Å². The quantitative estimate of drug-likeness (QED) is 0.662. The summed E-state index contributed by atoms with van der Waals surface area (Å²) in [5.74, 6) is 0. The Morgan fingerprint density at radius 3 is 1.58 bits per heavy atom. The predicted octanol–water partition coefficient (Wildman–Crippen LogP) is -0.00334. The SMILES string of the molecule is N#CCCC1(CCC#N)S(=O)(=O)OCCOS1(=O)=O. The van der Waals surface area contributed by atoms with Crippen LogP contribution in [0.15, 0.2) is 0 Å². The van der Waals surface area contributed by atoms with Crippen LogP contribution in [0.25, 0.3) is 0 Å². The van der Waals surface area contributed by atoms with E-state index in [9.17, 15) is 16.8 Å². The van der Waals surface area contributed by atoms with E-state index >= 15 is 0 Å². The monoisotopic (exact) mass is 308 g/mol. The zero-order valence-corrected chi connectivity index (χ0v) is 11.5. The zero-order chi connectivity index (χ0) is 14.6. The van der Waals surface area contributed by atoms with Gasteiger partial charge in [-0.2, -0.15) is 27.4 Å². The zero-order valence-electron chi connectivity index (χ0n) is 9.90. The summed E-state index contributed by atoms with van der Waals surface area (Å²) in [6.07, 6.45) is -1.60. The van der Waals surface area contributed by atoms with Gasteiger partial charge < -0.3 is 0 Å². The summed E-state index contributed by atoms with van der Waals surface area (Å²) in [4.78, 5) is 0. The van der Waals surface area contributed by atoms with Gasteiger partial charge in [0.2, 0.25) is 4.08 Å².